The van der Waals surface area contributed by atoms with E-state index in [0.29, 0.717) is 0 Å². The number of aromatic nitrogens is 2. The summed E-state index contributed by atoms with van der Waals surface area (Å²) in [5, 5.41) is 10.6. The standard InChI is InChI=1S/C57H42N2Si/c1-57(2)50-28-13-9-24-45(50)48-36-37-54-55(56(48)57)49-27-12-16-31-53(49)59(54)40-18-17-23-44(38-40)60(41-19-5-3-6-20-41,42-21-7-4-8-22-42)43-34-32-39(33-35-43)58-51-29-14-10-25-46(51)47-26-11-15-30-52(47)58/h3-38H,1-2H3. The minimum atomic E-state index is -2.90. The third kappa shape index (κ3) is 4.81. The second kappa shape index (κ2) is 13.2. The molecule has 0 fully saturated rings. The van der Waals surface area contributed by atoms with Crippen LogP contribution < -0.4 is 20.7 Å². The molecule has 0 aliphatic heterocycles. The fourth-order valence-corrected chi connectivity index (χ4v) is 15.7. The van der Waals surface area contributed by atoms with Gasteiger partial charge in [-0.3, -0.25) is 0 Å². The van der Waals surface area contributed by atoms with Gasteiger partial charge in [0.1, 0.15) is 0 Å². The molecule has 2 aromatic heterocycles. The average Bonchev–Trinajstić information content (AvgIpc) is 3.91. The van der Waals surface area contributed by atoms with Gasteiger partial charge in [-0.2, -0.15) is 0 Å². The van der Waals surface area contributed by atoms with Crippen LogP contribution in [0.25, 0.3) is 66.1 Å². The lowest BCUT2D eigenvalue weighted by Gasteiger charge is -2.35. The van der Waals surface area contributed by atoms with Crippen LogP contribution in [0.15, 0.2) is 218 Å². The molecule has 0 spiro atoms. The molecule has 2 nitrogen and oxygen atoms in total. The first-order chi connectivity index (χ1) is 29.5. The summed E-state index contributed by atoms with van der Waals surface area (Å²) in [6.45, 7) is 4.80. The number of hydrogen-bond donors (Lipinski definition) is 0. The van der Waals surface area contributed by atoms with E-state index in [1.807, 2.05) is 0 Å². The number of fused-ring (bicyclic) bond motifs is 10. The molecule has 1 aliphatic rings. The molecular weight excluding hydrogens is 741 g/mol. The van der Waals surface area contributed by atoms with Crippen LogP contribution in [0, 0.1) is 0 Å². The van der Waals surface area contributed by atoms with Crippen molar-refractivity contribution in [3.8, 4) is 22.5 Å². The molecule has 0 unspecified atom stereocenters. The summed E-state index contributed by atoms with van der Waals surface area (Å²) in [7, 11) is -2.90. The van der Waals surface area contributed by atoms with Gasteiger partial charge < -0.3 is 9.13 Å². The zero-order valence-corrected chi connectivity index (χ0v) is 34.7. The van der Waals surface area contributed by atoms with Gasteiger partial charge in [-0.25, -0.2) is 0 Å². The zero-order chi connectivity index (χ0) is 40.0. The van der Waals surface area contributed by atoms with Gasteiger partial charge in [-0.05, 0) is 91.5 Å². The minimum absolute atomic E-state index is 0.129. The summed E-state index contributed by atoms with van der Waals surface area (Å²) in [6, 6.07) is 81.8. The fourth-order valence-electron chi connectivity index (χ4n) is 10.9. The molecule has 0 amide bonds. The maximum absolute atomic E-state index is 2.90. The smallest absolute Gasteiger partial charge is 0.179 e. The Morgan fingerprint density at radius 1 is 0.350 bits per heavy atom. The van der Waals surface area contributed by atoms with Gasteiger partial charge >= 0.3 is 0 Å². The molecule has 11 aromatic rings. The Hall–Kier alpha value is -7.20. The second-order valence-electron chi connectivity index (χ2n) is 16.9. The topological polar surface area (TPSA) is 9.86 Å². The van der Waals surface area contributed by atoms with Crippen LogP contribution in [-0.4, -0.2) is 17.2 Å². The molecule has 2 heterocycles. The molecule has 0 bridgehead atoms. The van der Waals surface area contributed by atoms with Crippen LogP contribution in [0.3, 0.4) is 0 Å². The normalized spacial score (nSPS) is 13.3. The van der Waals surface area contributed by atoms with E-state index >= 15 is 0 Å². The summed E-state index contributed by atoms with van der Waals surface area (Å²) < 4.78 is 4.94. The number of nitrogens with zero attached hydrogens (tertiary/aromatic N) is 2. The summed E-state index contributed by atoms with van der Waals surface area (Å²) in [6.07, 6.45) is 0. The SMILES string of the molecule is CC1(C)c2ccccc2-c2ccc3c(c21)c1ccccc1n3-c1cccc([Si](c2ccccc2)(c2ccccc2)c2ccc(-n3c4ccccc4c4ccccc43)cc2)c1. The van der Waals surface area contributed by atoms with Crippen LogP contribution in [0.1, 0.15) is 25.0 Å². The molecule has 0 saturated carbocycles. The predicted molar refractivity (Wildman–Crippen MR) is 256 cm³/mol. The Labute approximate surface area is 351 Å². The Morgan fingerprint density at radius 3 is 1.50 bits per heavy atom. The van der Waals surface area contributed by atoms with E-state index in [9.17, 15) is 0 Å². The number of benzene rings is 9. The highest BCUT2D eigenvalue weighted by Crippen LogP contribution is 2.53. The van der Waals surface area contributed by atoms with Crippen molar-refractivity contribution in [3.63, 3.8) is 0 Å². The molecule has 284 valence electrons. The van der Waals surface area contributed by atoms with Gasteiger partial charge in [0.15, 0.2) is 8.07 Å². The van der Waals surface area contributed by atoms with E-state index in [-0.39, 0.29) is 5.41 Å². The lowest BCUT2D eigenvalue weighted by atomic mass is 9.80. The molecule has 1 aliphatic carbocycles. The number of rotatable bonds is 6. The maximum Gasteiger partial charge on any atom is 0.179 e. The van der Waals surface area contributed by atoms with Crippen molar-refractivity contribution in [1.29, 1.82) is 0 Å². The summed E-state index contributed by atoms with van der Waals surface area (Å²) in [4.78, 5) is 0. The van der Waals surface area contributed by atoms with E-state index in [4.69, 9.17) is 0 Å². The van der Waals surface area contributed by atoms with Gasteiger partial charge in [0.2, 0.25) is 0 Å². The first-order valence-corrected chi connectivity index (χ1v) is 23.0. The average molecular weight is 783 g/mol. The monoisotopic (exact) mass is 782 g/mol. The van der Waals surface area contributed by atoms with E-state index in [1.165, 1.54) is 92.3 Å². The highest BCUT2D eigenvalue weighted by molar-refractivity contribution is 7.19. The second-order valence-corrected chi connectivity index (χ2v) is 20.7. The van der Waals surface area contributed by atoms with Crippen molar-refractivity contribution in [3.05, 3.63) is 230 Å². The molecule has 3 heteroatoms. The van der Waals surface area contributed by atoms with E-state index in [1.54, 1.807) is 0 Å². The van der Waals surface area contributed by atoms with Crippen molar-refractivity contribution in [1.82, 2.24) is 9.13 Å². The van der Waals surface area contributed by atoms with Crippen LogP contribution in [-0.2, 0) is 5.41 Å². The van der Waals surface area contributed by atoms with E-state index in [2.05, 4.69) is 241 Å². The maximum atomic E-state index is 2.52. The summed E-state index contributed by atoms with van der Waals surface area (Å²) in [5.41, 5.74) is 12.7. The van der Waals surface area contributed by atoms with Gasteiger partial charge in [0.25, 0.3) is 0 Å². The Balaban J connectivity index is 1.11. The van der Waals surface area contributed by atoms with Crippen molar-refractivity contribution in [2.45, 2.75) is 19.3 Å². The molecular formula is C57H42N2Si. The molecule has 0 N–H and O–H groups in total. The van der Waals surface area contributed by atoms with Crippen molar-refractivity contribution < 1.29 is 0 Å². The third-order valence-electron chi connectivity index (χ3n) is 13.4. The van der Waals surface area contributed by atoms with Crippen LogP contribution in [0.5, 0.6) is 0 Å². The van der Waals surface area contributed by atoms with Crippen molar-refractivity contribution in [2.75, 3.05) is 0 Å². The third-order valence-corrected chi connectivity index (χ3v) is 18.2. The van der Waals surface area contributed by atoms with Gasteiger partial charge in [0.05, 0.1) is 22.1 Å². The van der Waals surface area contributed by atoms with Crippen molar-refractivity contribution in [2.24, 2.45) is 0 Å². The Bertz CT molecular complexity index is 3350. The highest BCUT2D eigenvalue weighted by Gasteiger charge is 2.42. The molecule has 9 aromatic carbocycles. The number of hydrogen-bond acceptors (Lipinski definition) is 0. The quantitative estimate of drug-likeness (QED) is 0.117. The number of para-hydroxylation sites is 3. The van der Waals surface area contributed by atoms with Crippen molar-refractivity contribution >= 4 is 72.4 Å². The lowest BCUT2D eigenvalue weighted by Crippen LogP contribution is -2.74. The van der Waals surface area contributed by atoms with E-state index in [0.717, 1.165) is 5.69 Å². The van der Waals surface area contributed by atoms with Crippen LogP contribution in [0.2, 0.25) is 0 Å². The largest absolute Gasteiger partial charge is 0.309 e. The predicted octanol–water partition coefficient (Wildman–Crippen LogP) is 11.6. The summed E-state index contributed by atoms with van der Waals surface area (Å²) >= 11 is 0. The van der Waals surface area contributed by atoms with E-state index < -0.39 is 8.07 Å². The molecule has 0 saturated heterocycles. The van der Waals surface area contributed by atoms with Gasteiger partial charge in [-0.1, -0.05) is 184 Å². The minimum Gasteiger partial charge on any atom is -0.309 e. The molecule has 0 radical (unpaired) electrons. The molecule has 60 heavy (non-hydrogen) atoms. The summed E-state index contributed by atoms with van der Waals surface area (Å²) in [5.74, 6) is 0. The molecule has 0 atom stereocenters. The molecule has 12 rings (SSSR count). The lowest BCUT2D eigenvalue weighted by molar-refractivity contribution is 0.666. The first-order valence-electron chi connectivity index (χ1n) is 21.0. The van der Waals surface area contributed by atoms with Crippen LogP contribution >= 0.6 is 0 Å². The van der Waals surface area contributed by atoms with Crippen LogP contribution in [0.4, 0.5) is 0 Å². The zero-order valence-electron chi connectivity index (χ0n) is 33.7. The van der Waals surface area contributed by atoms with Gasteiger partial charge in [0, 0.05) is 38.3 Å². The Kier molecular flexibility index (Phi) is 7.63. The highest BCUT2D eigenvalue weighted by atomic mass is 28.3. The Morgan fingerprint density at radius 2 is 0.850 bits per heavy atom. The fraction of sp³-hybridized carbons (Fsp3) is 0.0526. The van der Waals surface area contributed by atoms with Gasteiger partial charge in [-0.15, -0.1) is 0 Å². The first kappa shape index (κ1) is 34.8.